The third kappa shape index (κ3) is 7.87. The normalized spacial score (nSPS) is 11.9. The van der Waals surface area contributed by atoms with Crippen LogP contribution in [-0.4, -0.2) is 29.6 Å². The highest BCUT2D eigenvalue weighted by Crippen LogP contribution is 2.32. The maximum absolute atomic E-state index is 12.9. The number of carbonyl (C=O) groups is 1. The first kappa shape index (κ1) is 24.7. The molecule has 1 N–H and O–H groups in total. The monoisotopic (exact) mass is 492 g/mol. The van der Waals surface area contributed by atoms with Crippen LogP contribution in [0.25, 0.3) is 5.57 Å². The van der Waals surface area contributed by atoms with Gasteiger partial charge in [-0.1, -0.05) is 72.3 Å². The topological polar surface area (TPSA) is 46.5 Å². The molecule has 0 aromatic heterocycles. The second-order valence-corrected chi connectivity index (χ2v) is 8.56. The fraction of sp³-hybridized carbons (Fsp3) is 0.160. The van der Waals surface area contributed by atoms with Crippen LogP contribution in [0.4, 0.5) is 13.2 Å². The summed E-state index contributed by atoms with van der Waals surface area (Å²) < 4.78 is 43.7. The summed E-state index contributed by atoms with van der Waals surface area (Å²) in [6.07, 6.45) is -3.29. The Bertz CT molecular complexity index is 1130. The van der Waals surface area contributed by atoms with Gasteiger partial charge in [0.05, 0.1) is 11.4 Å². The molecular weight excluding hydrogens is 473 g/mol. The Morgan fingerprint density at radius 3 is 2.39 bits per heavy atom. The number of alkyl halides is 3. The largest absolute Gasteiger partial charge is 0.480 e. The van der Waals surface area contributed by atoms with E-state index >= 15 is 0 Å². The van der Waals surface area contributed by atoms with E-state index in [1.807, 2.05) is 36.4 Å². The molecule has 0 aliphatic heterocycles. The highest BCUT2D eigenvalue weighted by Gasteiger charge is 2.27. The zero-order chi connectivity index (χ0) is 23.8. The molecule has 0 fully saturated rings. The number of hydrogen-bond donors (Lipinski definition) is 1. The molecule has 0 saturated carbocycles. The molecular formula is C25H20ClF3O3S. The fourth-order valence-electron chi connectivity index (χ4n) is 3.15. The van der Waals surface area contributed by atoms with E-state index in [9.17, 15) is 18.0 Å². The lowest BCUT2D eigenvalue weighted by molar-refractivity contribution is -0.139. The Labute approximate surface area is 198 Å². The first-order valence-electron chi connectivity index (χ1n) is 9.90. The first-order valence-corrected chi connectivity index (χ1v) is 11.3. The predicted octanol–water partition coefficient (Wildman–Crippen LogP) is 7.13. The molecule has 0 aliphatic rings. The van der Waals surface area contributed by atoms with Gasteiger partial charge in [0.2, 0.25) is 0 Å². The van der Waals surface area contributed by atoms with E-state index in [1.165, 1.54) is 17.8 Å². The maximum atomic E-state index is 12.9. The van der Waals surface area contributed by atoms with Crippen LogP contribution in [0.5, 0.6) is 5.75 Å². The number of thioether (sulfide) groups is 1. The molecule has 0 bridgehead atoms. The van der Waals surface area contributed by atoms with Gasteiger partial charge in [0, 0.05) is 10.6 Å². The smallest absolute Gasteiger partial charge is 0.393 e. The first-order chi connectivity index (χ1) is 15.7. The lowest BCUT2D eigenvalue weighted by Crippen LogP contribution is -2.11. The van der Waals surface area contributed by atoms with E-state index in [1.54, 1.807) is 36.4 Å². The summed E-state index contributed by atoms with van der Waals surface area (Å²) in [6.45, 7) is -0.483. The highest BCUT2D eigenvalue weighted by molar-refractivity contribution is 7.99. The predicted molar refractivity (Wildman–Crippen MR) is 125 cm³/mol. The summed E-state index contributed by atoms with van der Waals surface area (Å²) in [7, 11) is 0. The van der Waals surface area contributed by atoms with E-state index in [-0.39, 0.29) is 11.3 Å². The van der Waals surface area contributed by atoms with Gasteiger partial charge in [0.25, 0.3) is 0 Å². The van der Waals surface area contributed by atoms with Gasteiger partial charge in [0.1, 0.15) is 5.75 Å². The van der Waals surface area contributed by atoms with Crippen molar-refractivity contribution in [3.63, 3.8) is 0 Å². The lowest BCUT2D eigenvalue weighted by Gasteiger charge is -2.12. The van der Waals surface area contributed by atoms with Crippen LogP contribution < -0.4 is 4.74 Å². The van der Waals surface area contributed by atoms with Gasteiger partial charge in [-0.15, -0.1) is 11.8 Å². The number of aliphatic carboxylic acids is 1. The molecule has 33 heavy (non-hydrogen) atoms. The average Bonchev–Trinajstić information content (AvgIpc) is 2.75. The Morgan fingerprint density at radius 2 is 1.73 bits per heavy atom. The Hall–Kier alpha value is -2.90. The molecule has 0 heterocycles. The van der Waals surface area contributed by atoms with Gasteiger partial charge >= 0.3 is 12.1 Å². The fourth-order valence-corrected chi connectivity index (χ4v) is 4.26. The van der Waals surface area contributed by atoms with E-state index in [0.29, 0.717) is 16.3 Å². The molecule has 172 valence electrons. The Kier molecular flexibility index (Phi) is 8.47. The molecule has 3 nitrogen and oxygen atoms in total. The number of benzene rings is 3. The molecule has 3 aromatic rings. The standard InChI is InChI=1S/C25H20ClF3O3S/c26-22-14-20(9-10-23(22)32-16-24(30)31)33-12-11-21(18-6-2-1-3-7-18)19-8-4-5-17(13-19)15-25(27,28)29/h1-11,13-14H,12,15-16H2,(H,30,31). The number of hydrogen-bond acceptors (Lipinski definition) is 3. The molecule has 3 aromatic carbocycles. The number of carboxylic acid groups (broad SMARTS) is 1. The number of ether oxygens (including phenoxy) is 1. The van der Waals surface area contributed by atoms with Crippen LogP contribution in [0.1, 0.15) is 16.7 Å². The zero-order valence-electron chi connectivity index (χ0n) is 17.3. The van der Waals surface area contributed by atoms with Gasteiger partial charge in [-0.2, -0.15) is 13.2 Å². The second-order valence-electron chi connectivity index (χ2n) is 7.06. The molecule has 3 rings (SSSR count). The molecule has 8 heteroatoms. The maximum Gasteiger partial charge on any atom is 0.393 e. The summed E-state index contributed by atoms with van der Waals surface area (Å²) in [5.74, 6) is -0.271. The van der Waals surface area contributed by atoms with Crippen LogP contribution in [0, 0.1) is 0 Å². The van der Waals surface area contributed by atoms with Crippen molar-refractivity contribution in [1.29, 1.82) is 0 Å². The van der Waals surface area contributed by atoms with Crippen molar-refractivity contribution in [2.45, 2.75) is 17.5 Å². The molecule has 0 amide bonds. The molecule has 0 saturated heterocycles. The third-order valence-electron chi connectivity index (χ3n) is 4.52. The van der Waals surface area contributed by atoms with Crippen molar-refractivity contribution in [2.75, 3.05) is 12.4 Å². The Morgan fingerprint density at radius 1 is 1.00 bits per heavy atom. The van der Waals surface area contributed by atoms with E-state index in [2.05, 4.69) is 0 Å². The van der Waals surface area contributed by atoms with Gasteiger partial charge in [-0.25, -0.2) is 4.79 Å². The van der Waals surface area contributed by atoms with Crippen molar-refractivity contribution in [3.05, 3.63) is 101 Å². The van der Waals surface area contributed by atoms with Crippen LogP contribution in [-0.2, 0) is 11.2 Å². The number of rotatable bonds is 9. The van der Waals surface area contributed by atoms with Crippen molar-refractivity contribution in [1.82, 2.24) is 0 Å². The minimum atomic E-state index is -4.27. The van der Waals surface area contributed by atoms with Crippen LogP contribution >= 0.6 is 23.4 Å². The molecule has 0 unspecified atom stereocenters. The summed E-state index contributed by atoms with van der Waals surface area (Å²) >= 11 is 7.66. The zero-order valence-corrected chi connectivity index (χ0v) is 18.9. The van der Waals surface area contributed by atoms with Gasteiger partial charge < -0.3 is 9.84 Å². The molecule has 0 spiro atoms. The van der Waals surface area contributed by atoms with E-state index in [0.717, 1.165) is 16.0 Å². The summed E-state index contributed by atoms with van der Waals surface area (Å²) in [5.41, 5.74) is 2.65. The third-order valence-corrected chi connectivity index (χ3v) is 5.74. The lowest BCUT2D eigenvalue weighted by atomic mass is 9.95. The summed E-state index contributed by atoms with van der Waals surface area (Å²) in [6, 6.07) is 21.0. The summed E-state index contributed by atoms with van der Waals surface area (Å²) in [5, 5.41) is 9.01. The van der Waals surface area contributed by atoms with E-state index in [4.69, 9.17) is 21.4 Å². The molecule has 0 atom stereocenters. The molecule has 0 radical (unpaired) electrons. The average molecular weight is 493 g/mol. The van der Waals surface area contributed by atoms with Crippen LogP contribution in [0.3, 0.4) is 0 Å². The number of halogens is 4. The quantitative estimate of drug-likeness (QED) is 0.323. The van der Waals surface area contributed by atoms with Crippen molar-refractivity contribution in [2.24, 2.45) is 0 Å². The van der Waals surface area contributed by atoms with Crippen LogP contribution in [0.15, 0.2) is 83.8 Å². The SMILES string of the molecule is O=C(O)COc1ccc(SCC=C(c2ccccc2)c2cccc(CC(F)(F)F)c2)cc1Cl. The number of carboxylic acids is 1. The van der Waals surface area contributed by atoms with Gasteiger partial charge in [0.15, 0.2) is 6.61 Å². The Balaban J connectivity index is 1.80. The van der Waals surface area contributed by atoms with Crippen LogP contribution in [0.2, 0.25) is 5.02 Å². The second kappa shape index (κ2) is 11.3. The van der Waals surface area contributed by atoms with Gasteiger partial charge in [-0.3, -0.25) is 0 Å². The highest BCUT2D eigenvalue weighted by atomic mass is 35.5. The van der Waals surface area contributed by atoms with E-state index < -0.39 is 25.2 Å². The minimum absolute atomic E-state index is 0.207. The van der Waals surface area contributed by atoms with Crippen molar-refractivity contribution >= 4 is 34.9 Å². The van der Waals surface area contributed by atoms with Gasteiger partial charge in [-0.05, 0) is 40.5 Å². The molecule has 0 aliphatic carbocycles. The minimum Gasteiger partial charge on any atom is -0.480 e. The van der Waals surface area contributed by atoms with Crippen molar-refractivity contribution < 1.29 is 27.8 Å². The summed E-state index contributed by atoms with van der Waals surface area (Å²) in [4.78, 5) is 11.5. The van der Waals surface area contributed by atoms with Crippen molar-refractivity contribution in [3.8, 4) is 5.75 Å².